The largest absolute Gasteiger partial charge is 0.484 e. The molecule has 0 amide bonds. The molecule has 1 atom stereocenters. The Morgan fingerprint density at radius 1 is 1.00 bits per heavy atom. The summed E-state index contributed by atoms with van der Waals surface area (Å²) in [5.41, 5.74) is 8.32. The first kappa shape index (κ1) is 19.7. The van der Waals surface area contributed by atoms with Crippen LogP contribution in [0.4, 0.5) is 17.6 Å². The van der Waals surface area contributed by atoms with Gasteiger partial charge in [-0.1, -0.05) is 36.4 Å². The highest BCUT2D eigenvalue weighted by Gasteiger charge is 2.49. The molecule has 6 heteroatoms. The number of rotatable bonds is 6. The quantitative estimate of drug-likeness (QED) is 0.550. The van der Waals surface area contributed by atoms with Gasteiger partial charge in [-0.05, 0) is 65.4 Å². The minimum Gasteiger partial charge on any atom is -0.484 e. The van der Waals surface area contributed by atoms with Crippen molar-refractivity contribution in [2.45, 2.75) is 36.9 Å². The smallest absolute Gasteiger partial charge is 0.422 e. The van der Waals surface area contributed by atoms with Gasteiger partial charge in [-0.15, -0.1) is 0 Å². The number of fused-ring (bicyclic) bond motifs is 1. The van der Waals surface area contributed by atoms with Crippen LogP contribution in [0.2, 0.25) is 0 Å². The maximum absolute atomic E-state index is 13.6. The second-order valence-electron chi connectivity index (χ2n) is 7.69. The van der Waals surface area contributed by atoms with Crippen molar-refractivity contribution >= 4 is 10.8 Å². The topological polar surface area (TPSA) is 35.2 Å². The van der Waals surface area contributed by atoms with Gasteiger partial charge in [-0.25, -0.2) is 4.39 Å². The molecule has 0 spiro atoms. The molecule has 2 N–H and O–H groups in total. The summed E-state index contributed by atoms with van der Waals surface area (Å²) < 4.78 is 55.6. The number of nitrogens with two attached hydrogens (primary N) is 1. The van der Waals surface area contributed by atoms with E-state index < -0.39 is 12.8 Å². The van der Waals surface area contributed by atoms with E-state index in [4.69, 9.17) is 10.5 Å². The second-order valence-corrected chi connectivity index (χ2v) is 7.69. The molecule has 2 nitrogen and oxygen atoms in total. The first-order chi connectivity index (χ1) is 13.8. The Morgan fingerprint density at radius 3 is 2.48 bits per heavy atom. The van der Waals surface area contributed by atoms with Crippen molar-refractivity contribution in [2.75, 3.05) is 6.61 Å². The molecular formula is C23H21F4NO. The highest BCUT2D eigenvalue weighted by molar-refractivity contribution is 5.87. The van der Waals surface area contributed by atoms with Crippen LogP contribution < -0.4 is 10.5 Å². The van der Waals surface area contributed by atoms with Crippen LogP contribution >= 0.6 is 0 Å². The lowest BCUT2D eigenvalue weighted by Gasteiger charge is -2.26. The van der Waals surface area contributed by atoms with Crippen molar-refractivity contribution in [1.82, 2.24) is 0 Å². The second kappa shape index (κ2) is 7.34. The van der Waals surface area contributed by atoms with E-state index in [1.54, 1.807) is 18.2 Å². The molecule has 1 aliphatic carbocycles. The van der Waals surface area contributed by atoms with Crippen LogP contribution in [0.5, 0.6) is 5.75 Å². The van der Waals surface area contributed by atoms with Crippen LogP contribution in [0.1, 0.15) is 24.0 Å². The first-order valence-electron chi connectivity index (χ1n) is 9.50. The van der Waals surface area contributed by atoms with Gasteiger partial charge in [0.1, 0.15) is 11.6 Å². The molecule has 1 fully saturated rings. The van der Waals surface area contributed by atoms with Crippen LogP contribution in [0, 0.1) is 5.82 Å². The summed E-state index contributed by atoms with van der Waals surface area (Å²) in [6.45, 7) is -1.32. The Kier molecular flexibility index (Phi) is 4.99. The Hall–Kier alpha value is -2.60. The summed E-state index contributed by atoms with van der Waals surface area (Å²) in [5.74, 6) is -0.100. The van der Waals surface area contributed by atoms with Crippen molar-refractivity contribution in [3.63, 3.8) is 0 Å². The average molecular weight is 403 g/mol. The summed E-state index contributed by atoms with van der Waals surface area (Å²) in [5, 5.41) is 1.83. The molecule has 0 heterocycles. The fraction of sp³-hybridized carbons (Fsp3) is 0.304. The minimum atomic E-state index is -4.38. The maximum Gasteiger partial charge on any atom is 0.422 e. The maximum atomic E-state index is 13.6. The summed E-state index contributed by atoms with van der Waals surface area (Å²) in [4.78, 5) is 0. The van der Waals surface area contributed by atoms with Crippen molar-refractivity contribution < 1.29 is 22.3 Å². The number of benzene rings is 3. The molecule has 152 valence electrons. The molecule has 0 bridgehead atoms. The van der Waals surface area contributed by atoms with E-state index in [1.807, 2.05) is 24.3 Å². The lowest BCUT2D eigenvalue weighted by molar-refractivity contribution is -0.153. The number of hydrogen-bond donors (Lipinski definition) is 1. The highest BCUT2D eigenvalue weighted by Crippen LogP contribution is 2.53. The van der Waals surface area contributed by atoms with Gasteiger partial charge in [0.15, 0.2) is 6.61 Å². The highest BCUT2D eigenvalue weighted by atomic mass is 19.4. The van der Waals surface area contributed by atoms with Crippen molar-refractivity contribution in [3.8, 4) is 5.75 Å². The van der Waals surface area contributed by atoms with Gasteiger partial charge in [0.2, 0.25) is 0 Å². The van der Waals surface area contributed by atoms with Gasteiger partial charge in [0, 0.05) is 11.5 Å². The molecule has 29 heavy (non-hydrogen) atoms. The molecule has 0 radical (unpaired) electrons. The third kappa shape index (κ3) is 4.22. The van der Waals surface area contributed by atoms with Crippen molar-refractivity contribution in [3.05, 3.63) is 77.6 Å². The number of halogens is 4. The fourth-order valence-corrected chi connectivity index (χ4v) is 4.04. The molecule has 3 aromatic rings. The van der Waals surface area contributed by atoms with Gasteiger partial charge < -0.3 is 10.5 Å². The van der Waals surface area contributed by atoms with E-state index >= 15 is 0 Å². The van der Waals surface area contributed by atoms with Gasteiger partial charge in [0.05, 0.1) is 0 Å². The Labute approximate surface area is 166 Å². The lowest BCUT2D eigenvalue weighted by atomic mass is 9.82. The third-order valence-electron chi connectivity index (χ3n) is 5.63. The summed E-state index contributed by atoms with van der Waals surface area (Å²) in [6, 6.07) is 17.0. The van der Waals surface area contributed by atoms with E-state index in [0.717, 1.165) is 34.7 Å². The van der Waals surface area contributed by atoms with Gasteiger partial charge in [-0.3, -0.25) is 0 Å². The molecule has 0 aliphatic heterocycles. The molecule has 3 aromatic carbocycles. The van der Waals surface area contributed by atoms with Crippen molar-refractivity contribution in [2.24, 2.45) is 5.73 Å². The molecule has 1 aliphatic rings. The number of hydrogen-bond acceptors (Lipinski definition) is 2. The van der Waals surface area contributed by atoms with Crippen LogP contribution in [0.3, 0.4) is 0 Å². The fourth-order valence-electron chi connectivity index (χ4n) is 4.04. The average Bonchev–Trinajstić information content (AvgIpc) is 3.47. The molecular weight excluding hydrogens is 382 g/mol. The standard InChI is InChI=1S/C23H21F4NO/c24-17-7-8-19-16(13-17)4-2-6-20(19)22(9-10-22)21(28)12-15-3-1-5-18(11-15)29-14-23(25,26)27/h1-8,11,13,21H,9-10,12,14,28H2. The zero-order valence-electron chi connectivity index (χ0n) is 15.7. The molecule has 4 rings (SSSR count). The molecule has 0 saturated heterocycles. The van der Waals surface area contributed by atoms with Crippen molar-refractivity contribution in [1.29, 1.82) is 0 Å². The zero-order valence-corrected chi connectivity index (χ0v) is 15.7. The molecule has 0 aromatic heterocycles. The predicted molar refractivity (Wildman–Crippen MR) is 104 cm³/mol. The van der Waals surface area contributed by atoms with Gasteiger partial charge >= 0.3 is 6.18 Å². The SMILES string of the molecule is NC(Cc1cccc(OCC(F)(F)F)c1)C1(c2cccc3cc(F)ccc23)CC1. The Bertz CT molecular complexity index is 1030. The van der Waals surface area contributed by atoms with E-state index in [2.05, 4.69) is 0 Å². The molecule has 1 saturated carbocycles. The number of alkyl halides is 3. The van der Waals surface area contributed by atoms with E-state index in [-0.39, 0.29) is 23.0 Å². The number of ether oxygens (including phenoxy) is 1. The summed E-state index contributed by atoms with van der Waals surface area (Å²) in [7, 11) is 0. The lowest BCUT2D eigenvalue weighted by Crippen LogP contribution is -2.37. The first-order valence-corrected chi connectivity index (χ1v) is 9.50. The Balaban J connectivity index is 1.56. The van der Waals surface area contributed by atoms with Gasteiger partial charge in [-0.2, -0.15) is 13.2 Å². The van der Waals surface area contributed by atoms with E-state index in [1.165, 1.54) is 18.2 Å². The van der Waals surface area contributed by atoms with Crippen LogP contribution in [0.15, 0.2) is 60.7 Å². The monoisotopic (exact) mass is 403 g/mol. The third-order valence-corrected chi connectivity index (χ3v) is 5.63. The summed E-state index contributed by atoms with van der Waals surface area (Å²) >= 11 is 0. The summed E-state index contributed by atoms with van der Waals surface area (Å²) in [6.07, 6.45) is -2.01. The Morgan fingerprint density at radius 2 is 1.76 bits per heavy atom. The normalized spacial score (nSPS) is 16.6. The predicted octanol–water partition coefficient (Wildman–Crippen LogP) is 5.52. The van der Waals surface area contributed by atoms with Gasteiger partial charge in [0.25, 0.3) is 0 Å². The van der Waals surface area contributed by atoms with Crippen LogP contribution in [-0.2, 0) is 11.8 Å². The van der Waals surface area contributed by atoms with E-state index in [0.29, 0.717) is 6.42 Å². The van der Waals surface area contributed by atoms with Crippen LogP contribution in [0.25, 0.3) is 10.8 Å². The minimum absolute atomic E-state index is 0.178. The molecule has 1 unspecified atom stereocenters. The zero-order chi connectivity index (χ0) is 20.6. The van der Waals surface area contributed by atoms with E-state index in [9.17, 15) is 17.6 Å². The van der Waals surface area contributed by atoms with Crippen LogP contribution in [-0.4, -0.2) is 18.8 Å².